The van der Waals surface area contributed by atoms with E-state index < -0.39 is 11.8 Å². The van der Waals surface area contributed by atoms with Crippen LogP contribution in [0.1, 0.15) is 21.5 Å². The first-order chi connectivity index (χ1) is 10.0. The van der Waals surface area contributed by atoms with Gasteiger partial charge in [0.2, 0.25) is 0 Å². The summed E-state index contributed by atoms with van der Waals surface area (Å²) in [5.41, 5.74) is 1.42. The van der Waals surface area contributed by atoms with Gasteiger partial charge in [0, 0.05) is 0 Å². The standard InChI is InChI=1S/C16H15FO4/c1-10-3-5-12(8-14(10)18)16(19)21-9-11-4-6-15(20-2)13(17)7-11/h3-8,18H,9H2,1-2H3. The molecule has 0 amide bonds. The van der Waals surface area contributed by atoms with E-state index in [2.05, 4.69) is 0 Å². The summed E-state index contributed by atoms with van der Waals surface area (Å²) < 4.78 is 23.4. The molecular formula is C16H15FO4. The molecule has 0 fully saturated rings. The fourth-order valence-electron chi connectivity index (χ4n) is 1.77. The minimum Gasteiger partial charge on any atom is -0.508 e. The Balaban J connectivity index is 2.03. The first-order valence-corrected chi connectivity index (χ1v) is 6.30. The van der Waals surface area contributed by atoms with Crippen molar-refractivity contribution < 1.29 is 23.8 Å². The van der Waals surface area contributed by atoms with E-state index in [9.17, 15) is 14.3 Å². The maximum Gasteiger partial charge on any atom is 0.338 e. The molecule has 0 spiro atoms. The minimum absolute atomic E-state index is 0.0277. The van der Waals surface area contributed by atoms with Crippen LogP contribution in [0.15, 0.2) is 36.4 Å². The lowest BCUT2D eigenvalue weighted by Crippen LogP contribution is -2.05. The molecule has 0 unspecified atom stereocenters. The highest BCUT2D eigenvalue weighted by Gasteiger charge is 2.10. The third-order valence-electron chi connectivity index (χ3n) is 3.03. The first kappa shape index (κ1) is 14.8. The molecule has 0 aliphatic carbocycles. The van der Waals surface area contributed by atoms with Gasteiger partial charge in [0.15, 0.2) is 11.6 Å². The number of carbonyl (C=O) groups excluding carboxylic acids is 1. The second kappa shape index (κ2) is 6.26. The zero-order valence-corrected chi connectivity index (χ0v) is 11.7. The maximum absolute atomic E-state index is 13.5. The number of phenols is 1. The number of aryl methyl sites for hydroxylation is 1. The van der Waals surface area contributed by atoms with Crippen LogP contribution < -0.4 is 4.74 Å². The largest absolute Gasteiger partial charge is 0.508 e. The van der Waals surface area contributed by atoms with Gasteiger partial charge >= 0.3 is 5.97 Å². The van der Waals surface area contributed by atoms with E-state index >= 15 is 0 Å². The average molecular weight is 290 g/mol. The van der Waals surface area contributed by atoms with Crippen molar-refractivity contribution in [1.82, 2.24) is 0 Å². The minimum atomic E-state index is -0.582. The second-order valence-corrected chi connectivity index (χ2v) is 4.55. The van der Waals surface area contributed by atoms with Crippen LogP contribution in [0, 0.1) is 12.7 Å². The fourth-order valence-corrected chi connectivity index (χ4v) is 1.77. The lowest BCUT2D eigenvalue weighted by molar-refractivity contribution is 0.0472. The molecule has 0 aliphatic rings. The van der Waals surface area contributed by atoms with Crippen molar-refractivity contribution in [3.63, 3.8) is 0 Å². The molecule has 2 aromatic carbocycles. The predicted molar refractivity (Wildman–Crippen MR) is 74.9 cm³/mol. The number of halogens is 1. The molecular weight excluding hydrogens is 275 g/mol. The summed E-state index contributed by atoms with van der Waals surface area (Å²) in [4.78, 5) is 11.8. The van der Waals surface area contributed by atoms with Gasteiger partial charge in [0.05, 0.1) is 12.7 Å². The SMILES string of the molecule is COc1ccc(COC(=O)c2ccc(C)c(O)c2)cc1F. The van der Waals surface area contributed by atoms with Crippen LogP contribution in [0.2, 0.25) is 0 Å². The zero-order chi connectivity index (χ0) is 15.4. The van der Waals surface area contributed by atoms with Gasteiger partial charge in [0.1, 0.15) is 12.4 Å². The highest BCUT2D eigenvalue weighted by atomic mass is 19.1. The average Bonchev–Trinajstić information content (AvgIpc) is 2.47. The molecule has 110 valence electrons. The van der Waals surface area contributed by atoms with Crippen molar-refractivity contribution in [3.05, 3.63) is 58.9 Å². The Bertz CT molecular complexity index is 667. The van der Waals surface area contributed by atoms with Gasteiger partial charge in [-0.3, -0.25) is 0 Å². The number of methoxy groups -OCH3 is 1. The molecule has 0 radical (unpaired) electrons. The van der Waals surface area contributed by atoms with Gasteiger partial charge in [0.25, 0.3) is 0 Å². The maximum atomic E-state index is 13.5. The molecule has 0 heterocycles. The van der Waals surface area contributed by atoms with E-state index in [-0.39, 0.29) is 23.7 Å². The van der Waals surface area contributed by atoms with Crippen LogP contribution in [0.3, 0.4) is 0 Å². The van der Waals surface area contributed by atoms with Crippen molar-refractivity contribution in [3.8, 4) is 11.5 Å². The Labute approximate surface area is 121 Å². The number of hydrogen-bond acceptors (Lipinski definition) is 4. The Morgan fingerprint density at radius 2 is 2.00 bits per heavy atom. The number of carbonyl (C=O) groups is 1. The van der Waals surface area contributed by atoms with E-state index in [4.69, 9.17) is 9.47 Å². The number of aromatic hydroxyl groups is 1. The Kier molecular flexibility index (Phi) is 4.42. The third-order valence-corrected chi connectivity index (χ3v) is 3.03. The molecule has 0 bridgehead atoms. The predicted octanol–water partition coefficient (Wildman–Crippen LogP) is 3.21. The summed E-state index contributed by atoms with van der Waals surface area (Å²) in [6.07, 6.45) is 0. The van der Waals surface area contributed by atoms with Crippen molar-refractivity contribution in [2.75, 3.05) is 7.11 Å². The highest BCUT2D eigenvalue weighted by Crippen LogP contribution is 2.20. The second-order valence-electron chi connectivity index (χ2n) is 4.55. The van der Waals surface area contributed by atoms with Gasteiger partial charge in [-0.15, -0.1) is 0 Å². The fraction of sp³-hybridized carbons (Fsp3) is 0.188. The molecule has 2 aromatic rings. The zero-order valence-electron chi connectivity index (χ0n) is 11.7. The van der Waals surface area contributed by atoms with Crippen molar-refractivity contribution in [2.24, 2.45) is 0 Å². The molecule has 0 aromatic heterocycles. The smallest absolute Gasteiger partial charge is 0.338 e. The molecule has 0 atom stereocenters. The van der Waals surface area contributed by atoms with E-state index in [1.165, 1.54) is 25.3 Å². The molecule has 1 N–H and O–H groups in total. The summed E-state index contributed by atoms with van der Waals surface area (Å²) in [5, 5.41) is 9.56. The van der Waals surface area contributed by atoms with Crippen LogP contribution in [0.25, 0.3) is 0 Å². The molecule has 0 saturated heterocycles. The van der Waals surface area contributed by atoms with Crippen molar-refractivity contribution >= 4 is 5.97 Å². The topological polar surface area (TPSA) is 55.8 Å². The van der Waals surface area contributed by atoms with E-state index in [0.717, 1.165) is 0 Å². The summed E-state index contributed by atoms with van der Waals surface area (Å²) in [6.45, 7) is 1.67. The summed E-state index contributed by atoms with van der Waals surface area (Å²) >= 11 is 0. The third kappa shape index (κ3) is 3.51. The van der Waals surface area contributed by atoms with Crippen LogP contribution in [-0.2, 0) is 11.3 Å². The highest BCUT2D eigenvalue weighted by molar-refractivity contribution is 5.90. The van der Waals surface area contributed by atoms with Crippen LogP contribution >= 0.6 is 0 Å². The molecule has 21 heavy (non-hydrogen) atoms. The number of rotatable bonds is 4. The molecule has 4 nitrogen and oxygen atoms in total. The Hall–Kier alpha value is -2.56. The number of ether oxygens (including phenoxy) is 2. The summed E-state index contributed by atoms with van der Waals surface area (Å²) in [5.74, 6) is -0.936. The molecule has 5 heteroatoms. The van der Waals surface area contributed by atoms with Crippen LogP contribution in [0.5, 0.6) is 11.5 Å². The van der Waals surface area contributed by atoms with Crippen LogP contribution in [-0.4, -0.2) is 18.2 Å². The Morgan fingerprint density at radius 3 is 2.62 bits per heavy atom. The monoisotopic (exact) mass is 290 g/mol. The van der Waals surface area contributed by atoms with Crippen LogP contribution in [0.4, 0.5) is 4.39 Å². The van der Waals surface area contributed by atoms with Gasteiger partial charge in [-0.25, -0.2) is 9.18 Å². The lowest BCUT2D eigenvalue weighted by atomic mass is 10.1. The molecule has 2 rings (SSSR count). The summed E-state index contributed by atoms with van der Waals surface area (Å²) in [7, 11) is 1.38. The Morgan fingerprint density at radius 1 is 1.24 bits per heavy atom. The quantitative estimate of drug-likeness (QED) is 0.878. The number of benzene rings is 2. The number of hydrogen-bond donors (Lipinski definition) is 1. The van der Waals surface area contributed by atoms with E-state index in [0.29, 0.717) is 11.1 Å². The van der Waals surface area contributed by atoms with Gasteiger partial charge in [-0.1, -0.05) is 12.1 Å². The molecule has 0 aliphatic heterocycles. The normalized spacial score (nSPS) is 10.2. The lowest BCUT2D eigenvalue weighted by Gasteiger charge is -2.08. The number of phenolic OH excluding ortho intramolecular Hbond substituents is 1. The first-order valence-electron chi connectivity index (χ1n) is 6.30. The van der Waals surface area contributed by atoms with Gasteiger partial charge in [-0.05, 0) is 42.3 Å². The van der Waals surface area contributed by atoms with E-state index in [1.807, 2.05) is 0 Å². The van der Waals surface area contributed by atoms with Gasteiger partial charge in [-0.2, -0.15) is 0 Å². The van der Waals surface area contributed by atoms with Crippen molar-refractivity contribution in [1.29, 1.82) is 0 Å². The number of esters is 1. The van der Waals surface area contributed by atoms with E-state index in [1.54, 1.807) is 25.1 Å². The summed E-state index contributed by atoms with van der Waals surface area (Å²) in [6, 6.07) is 8.86. The van der Waals surface area contributed by atoms with Gasteiger partial charge < -0.3 is 14.6 Å². The molecule has 0 saturated carbocycles. The van der Waals surface area contributed by atoms with Crippen molar-refractivity contribution in [2.45, 2.75) is 13.5 Å².